The van der Waals surface area contributed by atoms with E-state index in [-0.39, 0.29) is 36.6 Å². The lowest BCUT2D eigenvalue weighted by atomic mass is 9.99. The lowest BCUT2D eigenvalue weighted by molar-refractivity contribution is -0.142. The molecule has 6 atom stereocenters. The Labute approximate surface area is 263 Å². The van der Waals surface area contributed by atoms with E-state index in [4.69, 9.17) is 0 Å². The maximum absolute atomic E-state index is 13.7. The summed E-state index contributed by atoms with van der Waals surface area (Å²) in [4.78, 5) is 86.5. The number of carbonyl (C=O) groups is 6. The average molecular weight is 633 g/mol. The second-order valence-electron chi connectivity index (χ2n) is 12.7. The van der Waals surface area contributed by atoms with E-state index >= 15 is 0 Å². The normalized spacial score (nSPS) is 20.7. The molecule has 0 saturated carbocycles. The summed E-state index contributed by atoms with van der Waals surface area (Å²) in [5.41, 5.74) is 0.582. The number of rotatable bonds is 15. The van der Waals surface area contributed by atoms with Crippen LogP contribution < -0.4 is 26.6 Å². The summed E-state index contributed by atoms with van der Waals surface area (Å²) >= 11 is 0. The van der Waals surface area contributed by atoms with Gasteiger partial charge >= 0.3 is 5.97 Å². The van der Waals surface area contributed by atoms with Crippen LogP contribution in [-0.4, -0.2) is 105 Å². The third-order valence-electron chi connectivity index (χ3n) is 8.12. The number of H-pyrrole nitrogens is 1. The number of nitrogens with one attached hydrogen (secondary N) is 6. The van der Waals surface area contributed by atoms with Crippen LogP contribution in [0.15, 0.2) is 12.5 Å². The molecule has 15 heteroatoms. The molecular weight excluding hydrogens is 584 g/mol. The molecule has 250 valence electrons. The van der Waals surface area contributed by atoms with Crippen molar-refractivity contribution in [3.63, 3.8) is 0 Å². The summed E-state index contributed by atoms with van der Waals surface area (Å²) in [5.74, 6) is -4.07. The molecule has 0 spiro atoms. The molecule has 0 aliphatic carbocycles. The van der Waals surface area contributed by atoms with Crippen molar-refractivity contribution < 1.29 is 33.9 Å². The van der Waals surface area contributed by atoms with Crippen molar-refractivity contribution in [2.75, 3.05) is 13.1 Å². The molecule has 15 nitrogen and oxygen atoms in total. The molecule has 6 unspecified atom stereocenters. The number of likely N-dealkylation sites (tertiary alicyclic amines) is 1. The van der Waals surface area contributed by atoms with E-state index in [0.717, 1.165) is 13.0 Å². The van der Waals surface area contributed by atoms with Gasteiger partial charge in [-0.25, -0.2) is 4.98 Å². The number of aromatic nitrogens is 2. The zero-order valence-electron chi connectivity index (χ0n) is 26.7. The van der Waals surface area contributed by atoms with Crippen molar-refractivity contribution in [1.82, 2.24) is 41.5 Å². The van der Waals surface area contributed by atoms with Crippen molar-refractivity contribution in [1.29, 1.82) is 0 Å². The van der Waals surface area contributed by atoms with Crippen molar-refractivity contribution >= 4 is 35.5 Å². The van der Waals surface area contributed by atoms with Gasteiger partial charge < -0.3 is 41.6 Å². The highest BCUT2D eigenvalue weighted by Gasteiger charge is 2.39. The van der Waals surface area contributed by atoms with Crippen molar-refractivity contribution in [3.05, 3.63) is 18.2 Å². The first-order valence-corrected chi connectivity index (χ1v) is 15.7. The van der Waals surface area contributed by atoms with Crippen LogP contribution in [0.2, 0.25) is 0 Å². The van der Waals surface area contributed by atoms with Crippen molar-refractivity contribution in [2.45, 2.75) is 109 Å². The second-order valence-corrected chi connectivity index (χ2v) is 12.7. The molecule has 5 amide bonds. The third kappa shape index (κ3) is 9.99. The molecule has 2 saturated heterocycles. The molecule has 0 aromatic carbocycles. The molecule has 3 rings (SSSR count). The quantitative estimate of drug-likeness (QED) is 0.132. The van der Waals surface area contributed by atoms with E-state index in [1.807, 2.05) is 13.8 Å². The first-order valence-electron chi connectivity index (χ1n) is 15.7. The van der Waals surface area contributed by atoms with Gasteiger partial charge in [-0.05, 0) is 57.4 Å². The third-order valence-corrected chi connectivity index (χ3v) is 8.12. The zero-order chi connectivity index (χ0) is 33.3. The molecule has 3 heterocycles. The van der Waals surface area contributed by atoms with Gasteiger partial charge in [0, 0.05) is 24.9 Å². The van der Waals surface area contributed by atoms with Gasteiger partial charge in [-0.2, -0.15) is 0 Å². The van der Waals surface area contributed by atoms with Crippen molar-refractivity contribution in [3.8, 4) is 0 Å². The standard InChI is InChI=1S/C30H48N8O7/c1-16(2)12-21(26(40)37-24(17(3)4)28(42)34-18(5)30(44)45)35-25(39)22(13-19-14-31-15-33-19)36-27(41)23-9-7-11-38(23)29(43)20-8-6-10-32-20/h14-18,20-24,32H,6-13H2,1-5H3,(H,31,33)(H,34,42)(H,35,39)(H,36,41)(H,37,40)(H,44,45). The Hall–Kier alpha value is -4.01. The first-order chi connectivity index (χ1) is 21.3. The van der Waals surface area contributed by atoms with Crippen LogP contribution in [0.5, 0.6) is 0 Å². The zero-order valence-corrected chi connectivity index (χ0v) is 26.7. The van der Waals surface area contributed by atoms with E-state index in [0.29, 0.717) is 31.5 Å². The Morgan fingerprint density at radius 1 is 0.933 bits per heavy atom. The van der Waals surface area contributed by atoms with Gasteiger partial charge in [0.1, 0.15) is 30.2 Å². The highest BCUT2D eigenvalue weighted by molar-refractivity contribution is 5.96. The number of nitrogens with zero attached hydrogens (tertiary/aromatic N) is 2. The summed E-state index contributed by atoms with van der Waals surface area (Å²) < 4.78 is 0. The molecule has 0 radical (unpaired) electrons. The van der Waals surface area contributed by atoms with Crippen LogP contribution in [-0.2, 0) is 35.2 Å². The maximum atomic E-state index is 13.7. The van der Waals surface area contributed by atoms with Gasteiger partial charge in [0.15, 0.2) is 0 Å². The van der Waals surface area contributed by atoms with Gasteiger partial charge in [0.25, 0.3) is 0 Å². The number of imidazole rings is 1. The van der Waals surface area contributed by atoms with Gasteiger partial charge in [-0.3, -0.25) is 28.8 Å². The highest BCUT2D eigenvalue weighted by Crippen LogP contribution is 2.21. The number of aliphatic carboxylic acids is 1. The van der Waals surface area contributed by atoms with Gasteiger partial charge in [0.05, 0.1) is 12.4 Å². The summed E-state index contributed by atoms with van der Waals surface area (Å²) in [6.45, 7) is 9.71. The monoisotopic (exact) mass is 632 g/mol. The number of hydrogen-bond donors (Lipinski definition) is 7. The Morgan fingerprint density at radius 3 is 2.22 bits per heavy atom. The predicted octanol–water partition coefficient (Wildman–Crippen LogP) is -0.559. The van der Waals surface area contributed by atoms with Crippen molar-refractivity contribution in [2.24, 2.45) is 11.8 Å². The van der Waals surface area contributed by atoms with E-state index in [2.05, 4.69) is 36.6 Å². The minimum atomic E-state index is -1.22. The molecule has 2 aliphatic rings. The fourth-order valence-corrected chi connectivity index (χ4v) is 5.62. The number of amides is 5. The minimum absolute atomic E-state index is 0.0256. The van der Waals surface area contributed by atoms with E-state index in [1.54, 1.807) is 18.7 Å². The van der Waals surface area contributed by atoms with Crippen LogP contribution in [0.3, 0.4) is 0 Å². The molecular formula is C30H48N8O7. The fourth-order valence-electron chi connectivity index (χ4n) is 5.62. The van der Waals surface area contributed by atoms with E-state index in [1.165, 1.54) is 19.4 Å². The highest BCUT2D eigenvalue weighted by atomic mass is 16.4. The van der Waals surface area contributed by atoms with Crippen LogP contribution in [0.4, 0.5) is 0 Å². The smallest absolute Gasteiger partial charge is 0.325 e. The van der Waals surface area contributed by atoms with Crippen LogP contribution >= 0.6 is 0 Å². The molecule has 2 aliphatic heterocycles. The lowest BCUT2D eigenvalue weighted by Gasteiger charge is -2.29. The summed E-state index contributed by atoms with van der Waals surface area (Å²) in [6, 6.07) is -5.39. The fraction of sp³-hybridized carbons (Fsp3) is 0.700. The number of carboxylic acid groups (broad SMARTS) is 1. The largest absolute Gasteiger partial charge is 0.480 e. The molecule has 0 bridgehead atoms. The molecule has 45 heavy (non-hydrogen) atoms. The number of hydrogen-bond acceptors (Lipinski definition) is 8. The van der Waals surface area contributed by atoms with Crippen LogP contribution in [0, 0.1) is 11.8 Å². The lowest BCUT2D eigenvalue weighted by Crippen LogP contribution is -2.60. The predicted molar refractivity (Wildman–Crippen MR) is 163 cm³/mol. The molecule has 7 N–H and O–H groups in total. The SMILES string of the molecule is CC(C)CC(NC(=O)C(Cc1cnc[nH]1)NC(=O)C1CCCN1C(=O)C1CCCN1)C(=O)NC(C(=O)NC(C)C(=O)O)C(C)C. The van der Waals surface area contributed by atoms with Crippen LogP contribution in [0.1, 0.15) is 72.4 Å². The van der Waals surface area contributed by atoms with E-state index < -0.39 is 59.8 Å². The Balaban J connectivity index is 1.76. The number of aromatic amines is 1. The summed E-state index contributed by atoms with van der Waals surface area (Å²) in [5, 5.41) is 23.0. The van der Waals surface area contributed by atoms with Gasteiger partial charge in [-0.15, -0.1) is 0 Å². The van der Waals surface area contributed by atoms with Gasteiger partial charge in [0.2, 0.25) is 29.5 Å². The maximum Gasteiger partial charge on any atom is 0.325 e. The summed E-state index contributed by atoms with van der Waals surface area (Å²) in [7, 11) is 0. The van der Waals surface area contributed by atoms with E-state index in [9.17, 15) is 33.9 Å². The number of carboxylic acids is 1. The Kier molecular flexibility index (Phi) is 12.9. The summed E-state index contributed by atoms with van der Waals surface area (Å²) in [6.07, 6.45) is 6.03. The molecule has 2 fully saturated rings. The minimum Gasteiger partial charge on any atom is -0.480 e. The molecule has 1 aromatic heterocycles. The number of carbonyl (C=O) groups excluding carboxylic acids is 5. The first kappa shape index (κ1) is 35.5. The second kappa shape index (κ2) is 16.3. The molecule has 1 aromatic rings. The average Bonchev–Trinajstić information content (AvgIpc) is 3.77. The Morgan fingerprint density at radius 2 is 1.64 bits per heavy atom. The van der Waals surface area contributed by atoms with Crippen LogP contribution in [0.25, 0.3) is 0 Å². The van der Waals surface area contributed by atoms with Gasteiger partial charge in [-0.1, -0.05) is 27.7 Å². The Bertz CT molecular complexity index is 1200. The topological polar surface area (TPSA) is 215 Å².